The van der Waals surface area contributed by atoms with E-state index in [1.54, 1.807) is 11.3 Å². The van der Waals surface area contributed by atoms with E-state index in [2.05, 4.69) is 29.1 Å². The minimum Gasteiger partial charge on any atom is -0.493 e. The first-order valence-electron chi connectivity index (χ1n) is 9.08. The summed E-state index contributed by atoms with van der Waals surface area (Å²) in [6, 6.07) is 7.98. The maximum atomic E-state index is 6.17. The van der Waals surface area contributed by atoms with E-state index < -0.39 is 0 Å². The van der Waals surface area contributed by atoms with Crippen LogP contribution in [0.5, 0.6) is 5.75 Å². The molecule has 3 aromatic rings. The summed E-state index contributed by atoms with van der Waals surface area (Å²) in [6.45, 7) is 5.00. The predicted octanol–water partition coefficient (Wildman–Crippen LogP) is 6.00. The zero-order chi connectivity index (χ0) is 18.1. The second-order valence-electron chi connectivity index (χ2n) is 7.09. The SMILES string of the molecule is CC(C)COc1ccc(Nc2nc(Cl)nc3sc4c(c23)CCCC4)cc1. The second kappa shape index (κ2) is 7.41. The highest BCUT2D eigenvalue weighted by Gasteiger charge is 2.21. The summed E-state index contributed by atoms with van der Waals surface area (Å²) in [4.78, 5) is 11.3. The summed E-state index contributed by atoms with van der Waals surface area (Å²) in [5.74, 6) is 2.19. The Kier molecular flexibility index (Phi) is 5.00. The van der Waals surface area contributed by atoms with Crippen LogP contribution in [0.1, 0.15) is 37.1 Å². The summed E-state index contributed by atoms with van der Waals surface area (Å²) in [5, 5.41) is 4.85. The van der Waals surface area contributed by atoms with Gasteiger partial charge in [0.2, 0.25) is 5.28 Å². The highest BCUT2D eigenvalue weighted by molar-refractivity contribution is 7.19. The number of thiophene rings is 1. The molecule has 6 heteroatoms. The molecule has 0 unspecified atom stereocenters. The van der Waals surface area contributed by atoms with Crippen LogP contribution in [0.2, 0.25) is 5.28 Å². The van der Waals surface area contributed by atoms with E-state index in [1.807, 2.05) is 24.3 Å². The molecule has 1 aliphatic rings. The number of ether oxygens (including phenoxy) is 1. The van der Waals surface area contributed by atoms with E-state index in [9.17, 15) is 0 Å². The van der Waals surface area contributed by atoms with Crippen molar-refractivity contribution >= 4 is 44.7 Å². The van der Waals surface area contributed by atoms with Crippen LogP contribution in [0.3, 0.4) is 0 Å². The van der Waals surface area contributed by atoms with Gasteiger partial charge < -0.3 is 10.1 Å². The first kappa shape index (κ1) is 17.6. The van der Waals surface area contributed by atoms with Gasteiger partial charge in [0.05, 0.1) is 12.0 Å². The topological polar surface area (TPSA) is 47.0 Å². The third-order valence-corrected chi connectivity index (χ3v) is 5.84. The van der Waals surface area contributed by atoms with Crippen molar-refractivity contribution in [3.05, 3.63) is 40.0 Å². The molecule has 0 atom stereocenters. The molecule has 0 fully saturated rings. The summed E-state index contributed by atoms with van der Waals surface area (Å²) in [5.41, 5.74) is 2.36. The fourth-order valence-electron chi connectivity index (χ4n) is 3.26. The van der Waals surface area contributed by atoms with E-state index in [0.29, 0.717) is 5.92 Å². The molecule has 4 nitrogen and oxygen atoms in total. The molecule has 26 heavy (non-hydrogen) atoms. The maximum absolute atomic E-state index is 6.17. The summed E-state index contributed by atoms with van der Waals surface area (Å²) < 4.78 is 5.75. The van der Waals surface area contributed by atoms with Gasteiger partial charge in [-0.05, 0) is 73.0 Å². The molecular weight excluding hydrogens is 366 g/mol. The highest BCUT2D eigenvalue weighted by atomic mass is 35.5. The Bertz CT molecular complexity index is 921. The van der Waals surface area contributed by atoms with Gasteiger partial charge in [0.1, 0.15) is 16.4 Å². The monoisotopic (exact) mass is 387 g/mol. The van der Waals surface area contributed by atoms with Crippen molar-refractivity contribution in [3.8, 4) is 5.75 Å². The van der Waals surface area contributed by atoms with Crippen LogP contribution < -0.4 is 10.1 Å². The summed E-state index contributed by atoms with van der Waals surface area (Å²) in [7, 11) is 0. The number of hydrogen-bond acceptors (Lipinski definition) is 5. The van der Waals surface area contributed by atoms with Gasteiger partial charge in [-0.3, -0.25) is 0 Å². The van der Waals surface area contributed by atoms with Crippen molar-refractivity contribution < 1.29 is 4.74 Å². The van der Waals surface area contributed by atoms with Crippen LogP contribution in [0.4, 0.5) is 11.5 Å². The molecule has 0 saturated carbocycles. The molecule has 0 aliphatic heterocycles. The molecule has 1 aliphatic carbocycles. The maximum Gasteiger partial charge on any atom is 0.225 e. The van der Waals surface area contributed by atoms with Gasteiger partial charge in [-0.25, -0.2) is 4.98 Å². The standard InChI is InChI=1S/C20H22ClN3OS/c1-12(2)11-25-14-9-7-13(8-10-14)22-18-17-15-5-3-4-6-16(15)26-19(17)24-20(21)23-18/h7-10,12H,3-6,11H2,1-2H3,(H,22,23,24). The molecule has 0 saturated heterocycles. The quantitative estimate of drug-likeness (QED) is 0.545. The molecule has 4 rings (SSSR count). The second-order valence-corrected chi connectivity index (χ2v) is 8.51. The molecule has 0 amide bonds. The first-order valence-corrected chi connectivity index (χ1v) is 10.3. The smallest absolute Gasteiger partial charge is 0.225 e. The number of rotatable bonds is 5. The Morgan fingerprint density at radius 2 is 1.92 bits per heavy atom. The number of anilines is 2. The molecule has 0 radical (unpaired) electrons. The van der Waals surface area contributed by atoms with Gasteiger partial charge in [0.25, 0.3) is 0 Å². The average molecular weight is 388 g/mol. The lowest BCUT2D eigenvalue weighted by Crippen LogP contribution is -2.04. The Hall–Kier alpha value is -1.85. The van der Waals surface area contributed by atoms with Crippen molar-refractivity contribution in [2.24, 2.45) is 5.92 Å². The van der Waals surface area contributed by atoms with E-state index in [0.717, 1.165) is 46.9 Å². The van der Waals surface area contributed by atoms with E-state index >= 15 is 0 Å². The number of aryl methyl sites for hydroxylation is 2. The van der Waals surface area contributed by atoms with Crippen LogP contribution in [0.15, 0.2) is 24.3 Å². The Morgan fingerprint density at radius 1 is 1.15 bits per heavy atom. The van der Waals surface area contributed by atoms with E-state index in [-0.39, 0.29) is 5.28 Å². The lowest BCUT2D eigenvalue weighted by Gasteiger charge is -2.13. The normalized spacial score (nSPS) is 13.8. The molecule has 0 bridgehead atoms. The molecular formula is C20H22ClN3OS. The molecule has 0 spiro atoms. The summed E-state index contributed by atoms with van der Waals surface area (Å²) in [6.07, 6.45) is 4.71. The predicted molar refractivity (Wildman–Crippen MR) is 109 cm³/mol. The van der Waals surface area contributed by atoms with Crippen molar-refractivity contribution in [2.75, 3.05) is 11.9 Å². The number of nitrogens with one attached hydrogen (secondary N) is 1. The molecule has 136 valence electrons. The Labute approximate surface area is 162 Å². The third kappa shape index (κ3) is 3.64. The molecule has 2 heterocycles. The fourth-order valence-corrected chi connectivity index (χ4v) is 4.74. The number of fused-ring (bicyclic) bond motifs is 3. The third-order valence-electron chi connectivity index (χ3n) is 4.49. The van der Waals surface area contributed by atoms with Gasteiger partial charge in [-0.2, -0.15) is 4.98 Å². The van der Waals surface area contributed by atoms with Gasteiger partial charge in [0, 0.05) is 10.6 Å². The number of aromatic nitrogens is 2. The summed E-state index contributed by atoms with van der Waals surface area (Å²) >= 11 is 7.93. The zero-order valence-electron chi connectivity index (χ0n) is 15.0. The van der Waals surface area contributed by atoms with Gasteiger partial charge in [-0.15, -0.1) is 11.3 Å². The van der Waals surface area contributed by atoms with E-state index in [4.69, 9.17) is 16.3 Å². The van der Waals surface area contributed by atoms with Crippen LogP contribution in [0.25, 0.3) is 10.2 Å². The number of nitrogens with zero attached hydrogens (tertiary/aromatic N) is 2. The molecule has 2 aromatic heterocycles. The Balaban J connectivity index is 1.63. The van der Waals surface area contributed by atoms with Crippen molar-refractivity contribution in [3.63, 3.8) is 0 Å². The van der Waals surface area contributed by atoms with Crippen LogP contribution >= 0.6 is 22.9 Å². The average Bonchev–Trinajstić information content (AvgIpc) is 2.99. The van der Waals surface area contributed by atoms with Crippen LogP contribution in [-0.2, 0) is 12.8 Å². The van der Waals surface area contributed by atoms with Crippen molar-refractivity contribution in [1.82, 2.24) is 9.97 Å². The van der Waals surface area contributed by atoms with Gasteiger partial charge in [0.15, 0.2) is 0 Å². The van der Waals surface area contributed by atoms with Crippen molar-refractivity contribution in [2.45, 2.75) is 39.5 Å². The van der Waals surface area contributed by atoms with Crippen molar-refractivity contribution in [1.29, 1.82) is 0 Å². The highest BCUT2D eigenvalue weighted by Crippen LogP contribution is 2.39. The number of hydrogen-bond donors (Lipinski definition) is 1. The lowest BCUT2D eigenvalue weighted by atomic mass is 9.97. The fraction of sp³-hybridized carbons (Fsp3) is 0.400. The largest absolute Gasteiger partial charge is 0.493 e. The van der Waals surface area contributed by atoms with Gasteiger partial charge in [-0.1, -0.05) is 13.8 Å². The first-order chi connectivity index (χ1) is 12.6. The molecule has 1 aromatic carbocycles. The minimum absolute atomic E-state index is 0.287. The minimum atomic E-state index is 0.287. The van der Waals surface area contributed by atoms with Gasteiger partial charge >= 0.3 is 0 Å². The Morgan fingerprint density at radius 3 is 2.69 bits per heavy atom. The molecule has 1 N–H and O–H groups in total. The van der Waals surface area contributed by atoms with E-state index in [1.165, 1.54) is 23.3 Å². The van der Waals surface area contributed by atoms with Crippen LogP contribution in [-0.4, -0.2) is 16.6 Å². The number of halogens is 1. The number of benzene rings is 1. The lowest BCUT2D eigenvalue weighted by molar-refractivity contribution is 0.271. The zero-order valence-corrected chi connectivity index (χ0v) is 16.6. The van der Waals surface area contributed by atoms with Crippen LogP contribution in [0, 0.1) is 5.92 Å².